The predicted molar refractivity (Wildman–Crippen MR) is 56.3 cm³/mol. The molecule has 2 rings (SSSR count). The molecule has 2 unspecified atom stereocenters. The highest BCUT2D eigenvalue weighted by Gasteiger charge is 2.37. The molecule has 0 aliphatic heterocycles. The first-order valence-corrected chi connectivity index (χ1v) is 5.50. The molecule has 1 aliphatic carbocycles. The van der Waals surface area contributed by atoms with Gasteiger partial charge in [0.25, 0.3) is 0 Å². The topological polar surface area (TPSA) is 47.3 Å². The van der Waals surface area contributed by atoms with Gasteiger partial charge in [0.15, 0.2) is 0 Å². The Bertz CT molecular complexity index is 320. The molecule has 0 amide bonds. The van der Waals surface area contributed by atoms with E-state index in [1.165, 1.54) is 12.8 Å². The summed E-state index contributed by atoms with van der Waals surface area (Å²) >= 11 is 0. The van der Waals surface area contributed by atoms with E-state index in [1.54, 1.807) is 10.9 Å². The fourth-order valence-corrected chi connectivity index (χ4v) is 1.88. The van der Waals surface area contributed by atoms with Crippen LogP contribution < -0.4 is 0 Å². The molecule has 0 aromatic carbocycles. The van der Waals surface area contributed by atoms with Crippen molar-refractivity contribution < 1.29 is 9.84 Å². The standard InChI is InChI=1S/C11H18N2O2/c1-3-15-11(8-4-5-8)10(14)9-6-12-13(2)7-9/h6-8,10-11,14H,3-5H2,1-2H3. The van der Waals surface area contributed by atoms with Gasteiger partial charge in [-0.15, -0.1) is 0 Å². The maximum Gasteiger partial charge on any atom is 0.108 e. The summed E-state index contributed by atoms with van der Waals surface area (Å²) in [4.78, 5) is 0. The first kappa shape index (κ1) is 10.6. The van der Waals surface area contributed by atoms with Crippen molar-refractivity contribution in [3.8, 4) is 0 Å². The van der Waals surface area contributed by atoms with Crippen LogP contribution in [0.5, 0.6) is 0 Å². The van der Waals surface area contributed by atoms with E-state index in [2.05, 4.69) is 5.10 Å². The van der Waals surface area contributed by atoms with Crippen molar-refractivity contribution >= 4 is 0 Å². The Balaban J connectivity index is 2.06. The number of rotatable bonds is 5. The minimum atomic E-state index is -0.536. The summed E-state index contributed by atoms with van der Waals surface area (Å²) in [5, 5.41) is 14.2. The van der Waals surface area contributed by atoms with Crippen LogP contribution in [0.1, 0.15) is 31.4 Å². The van der Waals surface area contributed by atoms with Crippen LogP contribution in [0.15, 0.2) is 12.4 Å². The van der Waals surface area contributed by atoms with Gasteiger partial charge < -0.3 is 9.84 Å². The lowest BCUT2D eigenvalue weighted by Crippen LogP contribution is -2.24. The molecular weight excluding hydrogens is 192 g/mol. The van der Waals surface area contributed by atoms with Crippen molar-refractivity contribution in [2.75, 3.05) is 6.61 Å². The van der Waals surface area contributed by atoms with Crippen LogP contribution in [0.4, 0.5) is 0 Å². The Labute approximate surface area is 89.9 Å². The van der Waals surface area contributed by atoms with Gasteiger partial charge in [-0.05, 0) is 25.7 Å². The number of nitrogens with zero attached hydrogens (tertiary/aromatic N) is 2. The summed E-state index contributed by atoms with van der Waals surface area (Å²) < 4.78 is 7.31. The highest BCUT2D eigenvalue weighted by Crippen LogP contribution is 2.39. The Kier molecular flexibility index (Phi) is 3.07. The number of hydrogen-bond acceptors (Lipinski definition) is 3. The van der Waals surface area contributed by atoms with Crippen LogP contribution in [0.25, 0.3) is 0 Å². The molecule has 84 valence electrons. The molecule has 0 spiro atoms. The zero-order valence-corrected chi connectivity index (χ0v) is 9.26. The highest BCUT2D eigenvalue weighted by molar-refractivity contribution is 5.11. The minimum absolute atomic E-state index is 0.0563. The van der Waals surface area contributed by atoms with Gasteiger partial charge in [0.1, 0.15) is 6.10 Å². The second kappa shape index (κ2) is 4.33. The van der Waals surface area contributed by atoms with Crippen molar-refractivity contribution in [3.63, 3.8) is 0 Å². The van der Waals surface area contributed by atoms with E-state index in [4.69, 9.17) is 4.74 Å². The summed E-state index contributed by atoms with van der Waals surface area (Å²) in [6.07, 6.45) is 5.30. The molecule has 0 bridgehead atoms. The lowest BCUT2D eigenvalue weighted by atomic mass is 10.0. The van der Waals surface area contributed by atoms with E-state index in [9.17, 15) is 5.11 Å². The molecule has 4 heteroatoms. The zero-order chi connectivity index (χ0) is 10.8. The summed E-state index contributed by atoms with van der Waals surface area (Å²) in [5.74, 6) is 0.528. The molecule has 1 N–H and O–H groups in total. The third-order valence-corrected chi connectivity index (χ3v) is 2.82. The van der Waals surface area contributed by atoms with Crippen molar-refractivity contribution in [2.24, 2.45) is 13.0 Å². The maximum atomic E-state index is 10.2. The summed E-state index contributed by atoms with van der Waals surface area (Å²) in [6, 6.07) is 0. The number of aromatic nitrogens is 2. The van der Waals surface area contributed by atoms with Gasteiger partial charge in [0.2, 0.25) is 0 Å². The van der Waals surface area contributed by atoms with E-state index >= 15 is 0 Å². The van der Waals surface area contributed by atoms with E-state index in [-0.39, 0.29) is 6.10 Å². The SMILES string of the molecule is CCOC(C1CC1)C(O)c1cnn(C)c1. The quantitative estimate of drug-likeness (QED) is 0.796. The van der Waals surface area contributed by atoms with Crippen molar-refractivity contribution in [1.29, 1.82) is 0 Å². The lowest BCUT2D eigenvalue weighted by Gasteiger charge is -2.21. The molecule has 2 atom stereocenters. The first-order valence-electron chi connectivity index (χ1n) is 5.50. The Hall–Kier alpha value is -0.870. The number of aliphatic hydroxyl groups is 1. The van der Waals surface area contributed by atoms with Crippen LogP contribution >= 0.6 is 0 Å². The van der Waals surface area contributed by atoms with Crippen LogP contribution in [0.2, 0.25) is 0 Å². The maximum absolute atomic E-state index is 10.2. The second-order valence-electron chi connectivity index (χ2n) is 4.15. The van der Waals surface area contributed by atoms with Gasteiger partial charge in [-0.1, -0.05) is 0 Å². The molecule has 1 aromatic heterocycles. The van der Waals surface area contributed by atoms with E-state index in [0.29, 0.717) is 12.5 Å². The summed E-state index contributed by atoms with van der Waals surface area (Å²) in [5.41, 5.74) is 0.850. The van der Waals surface area contributed by atoms with Crippen LogP contribution in [0, 0.1) is 5.92 Å². The van der Waals surface area contributed by atoms with Crippen molar-refractivity contribution in [2.45, 2.75) is 32.0 Å². The normalized spacial score (nSPS) is 20.2. The molecule has 0 radical (unpaired) electrons. The predicted octanol–water partition coefficient (Wildman–Crippen LogP) is 1.27. The van der Waals surface area contributed by atoms with Crippen molar-refractivity contribution in [1.82, 2.24) is 9.78 Å². The van der Waals surface area contributed by atoms with Gasteiger partial charge in [-0.3, -0.25) is 4.68 Å². The Morgan fingerprint density at radius 3 is 2.87 bits per heavy atom. The van der Waals surface area contributed by atoms with Gasteiger partial charge in [-0.25, -0.2) is 0 Å². The van der Waals surface area contributed by atoms with Crippen LogP contribution in [-0.2, 0) is 11.8 Å². The number of aliphatic hydroxyl groups excluding tert-OH is 1. The fourth-order valence-electron chi connectivity index (χ4n) is 1.88. The third kappa shape index (κ3) is 2.38. The van der Waals surface area contributed by atoms with E-state index in [1.807, 2.05) is 20.2 Å². The molecule has 1 heterocycles. The molecular formula is C11H18N2O2. The summed E-state index contributed by atoms with van der Waals surface area (Å²) in [6.45, 7) is 2.61. The number of aryl methyl sites for hydroxylation is 1. The van der Waals surface area contributed by atoms with Crippen LogP contribution in [0.3, 0.4) is 0 Å². The monoisotopic (exact) mass is 210 g/mol. The average molecular weight is 210 g/mol. The summed E-state index contributed by atoms with van der Waals surface area (Å²) in [7, 11) is 1.85. The molecule has 0 saturated heterocycles. The third-order valence-electron chi connectivity index (χ3n) is 2.82. The van der Waals surface area contributed by atoms with E-state index < -0.39 is 6.10 Å². The first-order chi connectivity index (χ1) is 7.22. The minimum Gasteiger partial charge on any atom is -0.386 e. The Morgan fingerprint density at radius 1 is 1.67 bits per heavy atom. The van der Waals surface area contributed by atoms with Gasteiger partial charge in [0, 0.05) is 25.4 Å². The van der Waals surface area contributed by atoms with Gasteiger partial charge >= 0.3 is 0 Å². The average Bonchev–Trinajstić information content (AvgIpc) is 2.96. The molecule has 1 aromatic rings. The second-order valence-corrected chi connectivity index (χ2v) is 4.15. The van der Waals surface area contributed by atoms with E-state index in [0.717, 1.165) is 5.56 Å². The van der Waals surface area contributed by atoms with Crippen LogP contribution in [-0.4, -0.2) is 27.6 Å². The molecule has 1 aliphatic rings. The Morgan fingerprint density at radius 2 is 2.40 bits per heavy atom. The van der Waals surface area contributed by atoms with Crippen molar-refractivity contribution in [3.05, 3.63) is 18.0 Å². The number of ether oxygens (including phenoxy) is 1. The molecule has 15 heavy (non-hydrogen) atoms. The largest absolute Gasteiger partial charge is 0.386 e. The molecule has 1 saturated carbocycles. The highest BCUT2D eigenvalue weighted by atomic mass is 16.5. The molecule has 4 nitrogen and oxygen atoms in total. The lowest BCUT2D eigenvalue weighted by molar-refractivity contribution is -0.0462. The van der Waals surface area contributed by atoms with Gasteiger partial charge in [-0.2, -0.15) is 5.10 Å². The fraction of sp³-hybridized carbons (Fsp3) is 0.727. The van der Waals surface area contributed by atoms with Gasteiger partial charge in [0.05, 0.1) is 12.3 Å². The molecule has 1 fully saturated rings. The zero-order valence-electron chi connectivity index (χ0n) is 9.26. The number of hydrogen-bond donors (Lipinski definition) is 1. The smallest absolute Gasteiger partial charge is 0.108 e.